The molecule has 1 spiro atoms. The summed E-state index contributed by atoms with van der Waals surface area (Å²) < 4.78 is 4.55. The summed E-state index contributed by atoms with van der Waals surface area (Å²) in [5.41, 5.74) is 1.03. The van der Waals surface area contributed by atoms with E-state index in [4.69, 9.17) is 0 Å². The van der Waals surface area contributed by atoms with Gasteiger partial charge in [-0.15, -0.1) is 0 Å². The molecule has 2 N–H and O–H groups in total. The lowest BCUT2D eigenvalue weighted by atomic mass is 9.61. The van der Waals surface area contributed by atoms with Crippen LogP contribution in [-0.2, 0) is 9.53 Å². The molecule has 0 bridgehead atoms. The Bertz CT molecular complexity index is 485. The lowest BCUT2D eigenvalue weighted by molar-refractivity contribution is -0.130. The summed E-state index contributed by atoms with van der Waals surface area (Å²) in [5, 5.41) is 5.49. The number of methoxy groups -OCH3 is 1. The lowest BCUT2D eigenvalue weighted by Gasteiger charge is -2.43. The van der Waals surface area contributed by atoms with Gasteiger partial charge in [-0.05, 0) is 25.3 Å². The van der Waals surface area contributed by atoms with Gasteiger partial charge >= 0.3 is 6.09 Å². The molecule has 2 amide bonds. The topological polar surface area (TPSA) is 67.4 Å². The minimum atomic E-state index is -0.539. The summed E-state index contributed by atoms with van der Waals surface area (Å²) >= 11 is 0. The number of hydrogen-bond acceptors (Lipinski definition) is 3. The number of rotatable bonds is 2. The molecule has 1 heterocycles. The van der Waals surface area contributed by atoms with Crippen molar-refractivity contribution in [2.24, 2.45) is 5.41 Å². The molecular formula is C14H18N2O3. The maximum atomic E-state index is 12.1. The summed E-state index contributed by atoms with van der Waals surface area (Å²) in [6.07, 6.45) is 6.40. The van der Waals surface area contributed by atoms with Crippen LogP contribution in [0, 0.1) is 5.41 Å². The summed E-state index contributed by atoms with van der Waals surface area (Å²) in [7, 11) is 1.32. The van der Waals surface area contributed by atoms with Gasteiger partial charge in [-0.25, -0.2) is 4.79 Å². The largest absolute Gasteiger partial charge is 0.453 e. The van der Waals surface area contributed by atoms with Gasteiger partial charge in [-0.3, -0.25) is 4.79 Å². The summed E-state index contributed by atoms with van der Waals surface area (Å²) in [4.78, 5) is 23.2. The van der Waals surface area contributed by atoms with E-state index >= 15 is 0 Å². The van der Waals surface area contributed by atoms with Gasteiger partial charge in [0.05, 0.1) is 12.5 Å². The van der Waals surface area contributed by atoms with Gasteiger partial charge in [0, 0.05) is 11.7 Å². The van der Waals surface area contributed by atoms with Crippen LogP contribution < -0.4 is 10.6 Å². The predicted molar refractivity (Wildman–Crippen MR) is 71.2 cm³/mol. The van der Waals surface area contributed by atoms with Crippen LogP contribution in [0.25, 0.3) is 0 Å². The van der Waals surface area contributed by atoms with Crippen molar-refractivity contribution in [3.8, 4) is 0 Å². The summed E-state index contributed by atoms with van der Waals surface area (Å²) in [6.45, 7) is 5.79. The maximum absolute atomic E-state index is 12.1. The molecule has 0 aromatic carbocycles. The zero-order valence-corrected chi connectivity index (χ0v) is 11.2. The van der Waals surface area contributed by atoms with Crippen LogP contribution in [0.2, 0.25) is 0 Å². The van der Waals surface area contributed by atoms with Crippen molar-refractivity contribution in [3.05, 3.63) is 36.1 Å². The fourth-order valence-electron chi connectivity index (χ4n) is 2.70. The summed E-state index contributed by atoms with van der Waals surface area (Å²) in [6, 6.07) is -0.0295. The van der Waals surface area contributed by atoms with Crippen LogP contribution in [0.15, 0.2) is 36.1 Å². The number of nitrogens with one attached hydrogen (secondary N) is 2. The highest BCUT2D eigenvalue weighted by Crippen LogP contribution is 2.52. The molecule has 0 unspecified atom stereocenters. The molecule has 2 aliphatic rings. The minimum absolute atomic E-state index is 0.0295. The Hall–Kier alpha value is -2.04. The Morgan fingerprint density at radius 3 is 2.84 bits per heavy atom. The zero-order chi connectivity index (χ0) is 14.0. The van der Waals surface area contributed by atoms with Gasteiger partial charge in [0.15, 0.2) is 0 Å². The lowest BCUT2D eigenvalue weighted by Crippen LogP contribution is -2.54. The van der Waals surface area contributed by atoms with Crippen LogP contribution in [-0.4, -0.2) is 25.2 Å². The first-order valence-corrected chi connectivity index (χ1v) is 6.22. The van der Waals surface area contributed by atoms with E-state index in [1.807, 2.05) is 25.2 Å². The Labute approximate surface area is 112 Å². The van der Waals surface area contributed by atoms with Gasteiger partial charge in [0.2, 0.25) is 5.91 Å². The van der Waals surface area contributed by atoms with E-state index in [1.54, 1.807) is 0 Å². The van der Waals surface area contributed by atoms with Crippen LogP contribution in [0.1, 0.15) is 19.8 Å². The molecule has 19 heavy (non-hydrogen) atoms. The highest BCUT2D eigenvalue weighted by atomic mass is 16.5. The molecule has 1 saturated carbocycles. The van der Waals surface area contributed by atoms with Crippen molar-refractivity contribution in [1.82, 2.24) is 10.6 Å². The molecule has 5 nitrogen and oxygen atoms in total. The van der Waals surface area contributed by atoms with E-state index in [0.29, 0.717) is 18.5 Å². The third-order valence-corrected chi connectivity index (χ3v) is 3.69. The SMILES string of the molecule is C=C1NC(=O)C2(CC(NC(=O)OC)C2)/C1=C/C=C\C. The van der Waals surface area contributed by atoms with E-state index in [0.717, 1.165) is 5.57 Å². The smallest absolute Gasteiger partial charge is 0.407 e. The van der Waals surface area contributed by atoms with Crippen LogP contribution >= 0.6 is 0 Å². The number of carbonyl (C=O) groups is 2. The van der Waals surface area contributed by atoms with Gasteiger partial charge in [-0.2, -0.15) is 0 Å². The van der Waals surface area contributed by atoms with Crippen molar-refractivity contribution >= 4 is 12.0 Å². The molecular weight excluding hydrogens is 244 g/mol. The number of alkyl carbamates (subject to hydrolysis) is 1. The molecule has 0 atom stereocenters. The van der Waals surface area contributed by atoms with Gasteiger partial charge in [0.1, 0.15) is 0 Å². The molecule has 2 rings (SSSR count). The van der Waals surface area contributed by atoms with Crippen LogP contribution in [0.4, 0.5) is 4.79 Å². The minimum Gasteiger partial charge on any atom is -0.453 e. The molecule has 2 fully saturated rings. The molecule has 1 saturated heterocycles. The fraction of sp³-hybridized carbons (Fsp3) is 0.429. The van der Waals surface area contributed by atoms with Gasteiger partial charge < -0.3 is 15.4 Å². The van der Waals surface area contributed by atoms with Crippen molar-refractivity contribution in [3.63, 3.8) is 0 Å². The van der Waals surface area contributed by atoms with E-state index in [1.165, 1.54) is 7.11 Å². The highest BCUT2D eigenvalue weighted by Gasteiger charge is 2.57. The predicted octanol–water partition coefficient (Wildman–Crippen LogP) is 1.64. The highest BCUT2D eigenvalue weighted by molar-refractivity contribution is 5.95. The average molecular weight is 262 g/mol. The third kappa shape index (κ3) is 2.16. The zero-order valence-electron chi connectivity index (χ0n) is 11.2. The Balaban J connectivity index is 2.13. The molecule has 0 aromatic heterocycles. The number of hydrogen-bond donors (Lipinski definition) is 2. The molecule has 102 valence electrons. The van der Waals surface area contributed by atoms with Crippen molar-refractivity contribution in [1.29, 1.82) is 0 Å². The molecule has 1 aliphatic heterocycles. The standard InChI is InChI=1S/C14H18N2O3/c1-4-5-6-11-9(2)15-12(17)14(11)7-10(8-14)16-13(18)19-3/h4-6,10H,2,7-8H2,1,3H3,(H,15,17)(H,16,18)/b5-4-,11-6+. The van der Waals surface area contributed by atoms with Crippen molar-refractivity contribution in [2.75, 3.05) is 7.11 Å². The Morgan fingerprint density at radius 2 is 2.26 bits per heavy atom. The summed E-state index contributed by atoms with van der Waals surface area (Å²) in [5.74, 6) is -0.0313. The fourth-order valence-corrected chi connectivity index (χ4v) is 2.70. The average Bonchev–Trinajstić information content (AvgIpc) is 2.58. The molecule has 1 aliphatic carbocycles. The van der Waals surface area contributed by atoms with E-state index < -0.39 is 11.5 Å². The quantitative estimate of drug-likeness (QED) is 0.795. The van der Waals surface area contributed by atoms with Gasteiger partial charge in [-0.1, -0.05) is 24.8 Å². The van der Waals surface area contributed by atoms with Crippen LogP contribution in [0.5, 0.6) is 0 Å². The van der Waals surface area contributed by atoms with Crippen molar-refractivity contribution in [2.45, 2.75) is 25.8 Å². The number of allylic oxidation sites excluding steroid dienone is 4. The Kier molecular flexibility index (Phi) is 3.46. The number of carbonyl (C=O) groups excluding carboxylic acids is 2. The van der Waals surface area contributed by atoms with E-state index in [2.05, 4.69) is 21.9 Å². The second-order valence-corrected chi connectivity index (χ2v) is 4.86. The number of amides is 2. The van der Waals surface area contributed by atoms with Crippen LogP contribution in [0.3, 0.4) is 0 Å². The van der Waals surface area contributed by atoms with Gasteiger partial charge in [0.25, 0.3) is 0 Å². The Morgan fingerprint density at radius 1 is 1.58 bits per heavy atom. The number of ether oxygens (including phenoxy) is 1. The van der Waals surface area contributed by atoms with Crippen molar-refractivity contribution < 1.29 is 14.3 Å². The molecule has 0 radical (unpaired) electrons. The third-order valence-electron chi connectivity index (χ3n) is 3.69. The first kappa shape index (κ1) is 13.4. The van der Waals surface area contributed by atoms with E-state index in [9.17, 15) is 9.59 Å². The molecule has 5 heteroatoms. The first-order chi connectivity index (χ1) is 9.03. The second-order valence-electron chi connectivity index (χ2n) is 4.86. The van der Waals surface area contributed by atoms with E-state index in [-0.39, 0.29) is 11.9 Å². The monoisotopic (exact) mass is 262 g/mol. The molecule has 0 aromatic rings. The first-order valence-electron chi connectivity index (χ1n) is 6.22. The normalized spacial score (nSPS) is 31.7. The second kappa shape index (κ2) is 4.91. The maximum Gasteiger partial charge on any atom is 0.407 e.